The van der Waals surface area contributed by atoms with Crippen molar-refractivity contribution in [3.63, 3.8) is 0 Å². The van der Waals surface area contributed by atoms with Crippen molar-refractivity contribution in [1.29, 1.82) is 0 Å². The molecule has 0 aliphatic heterocycles. The highest BCUT2D eigenvalue weighted by molar-refractivity contribution is 5.83. The number of aromatic nitrogens is 3. The first-order chi connectivity index (χ1) is 8.45. The van der Waals surface area contributed by atoms with Crippen molar-refractivity contribution < 1.29 is 4.79 Å². The Labute approximate surface area is 107 Å². The van der Waals surface area contributed by atoms with E-state index in [2.05, 4.69) is 15.5 Å². The SMILES string of the molecule is CC(NC(=O)C1(C)CCCC1N)c1nncn1C. The first-order valence-corrected chi connectivity index (χ1v) is 6.35. The van der Waals surface area contributed by atoms with Crippen LogP contribution in [-0.4, -0.2) is 26.7 Å². The maximum atomic E-state index is 12.3. The van der Waals surface area contributed by atoms with E-state index in [-0.39, 0.29) is 18.0 Å². The molecule has 0 bridgehead atoms. The molecule has 1 fully saturated rings. The Hall–Kier alpha value is -1.43. The zero-order valence-corrected chi connectivity index (χ0v) is 11.2. The van der Waals surface area contributed by atoms with Crippen molar-refractivity contribution in [2.75, 3.05) is 0 Å². The molecule has 3 atom stereocenters. The van der Waals surface area contributed by atoms with Crippen molar-refractivity contribution >= 4 is 5.91 Å². The van der Waals surface area contributed by atoms with E-state index in [1.54, 1.807) is 6.33 Å². The van der Waals surface area contributed by atoms with Crippen LogP contribution >= 0.6 is 0 Å². The smallest absolute Gasteiger partial charge is 0.228 e. The number of carbonyl (C=O) groups excluding carboxylic acids is 1. The fraction of sp³-hybridized carbons (Fsp3) is 0.750. The summed E-state index contributed by atoms with van der Waals surface area (Å²) in [6.07, 6.45) is 4.41. The van der Waals surface area contributed by atoms with Crippen LogP contribution in [0.25, 0.3) is 0 Å². The molecule has 6 nitrogen and oxygen atoms in total. The van der Waals surface area contributed by atoms with Crippen molar-refractivity contribution in [2.24, 2.45) is 18.2 Å². The predicted octanol–water partition coefficient (Wildman–Crippen LogP) is 0.510. The average Bonchev–Trinajstić information content (AvgIpc) is 2.87. The molecule has 1 heterocycles. The van der Waals surface area contributed by atoms with E-state index in [0.29, 0.717) is 0 Å². The number of aryl methyl sites for hydroxylation is 1. The van der Waals surface area contributed by atoms with Gasteiger partial charge in [-0.25, -0.2) is 0 Å². The van der Waals surface area contributed by atoms with Crippen LogP contribution in [0.4, 0.5) is 0 Å². The van der Waals surface area contributed by atoms with Gasteiger partial charge in [0.2, 0.25) is 5.91 Å². The summed E-state index contributed by atoms with van der Waals surface area (Å²) < 4.78 is 1.81. The van der Waals surface area contributed by atoms with E-state index < -0.39 is 5.41 Å². The van der Waals surface area contributed by atoms with Crippen LogP contribution in [0.5, 0.6) is 0 Å². The van der Waals surface area contributed by atoms with Crippen LogP contribution in [0.3, 0.4) is 0 Å². The number of hydrogen-bond acceptors (Lipinski definition) is 4. The summed E-state index contributed by atoms with van der Waals surface area (Å²) in [5, 5.41) is 10.8. The molecule has 0 aromatic carbocycles. The predicted molar refractivity (Wildman–Crippen MR) is 67.5 cm³/mol. The van der Waals surface area contributed by atoms with Gasteiger partial charge in [0.25, 0.3) is 0 Å². The number of rotatable bonds is 3. The van der Waals surface area contributed by atoms with Crippen LogP contribution in [0, 0.1) is 5.41 Å². The van der Waals surface area contributed by atoms with Crippen LogP contribution in [0.1, 0.15) is 45.0 Å². The Balaban J connectivity index is 2.06. The highest BCUT2D eigenvalue weighted by atomic mass is 16.2. The van der Waals surface area contributed by atoms with Gasteiger partial charge in [-0.05, 0) is 26.7 Å². The molecule has 1 aromatic heterocycles. The minimum atomic E-state index is -0.452. The largest absolute Gasteiger partial charge is 0.346 e. The molecule has 3 N–H and O–H groups in total. The summed E-state index contributed by atoms with van der Waals surface area (Å²) in [6.45, 7) is 3.86. The highest BCUT2D eigenvalue weighted by Crippen LogP contribution is 2.37. The van der Waals surface area contributed by atoms with Crippen LogP contribution in [-0.2, 0) is 11.8 Å². The van der Waals surface area contributed by atoms with E-state index in [4.69, 9.17) is 5.73 Å². The Kier molecular flexibility index (Phi) is 3.38. The lowest BCUT2D eigenvalue weighted by molar-refractivity contribution is -0.131. The average molecular weight is 251 g/mol. The van der Waals surface area contributed by atoms with Gasteiger partial charge in [0.05, 0.1) is 11.5 Å². The first-order valence-electron chi connectivity index (χ1n) is 6.35. The van der Waals surface area contributed by atoms with Crippen LogP contribution in [0.15, 0.2) is 6.33 Å². The number of hydrogen-bond donors (Lipinski definition) is 2. The van der Waals surface area contributed by atoms with Gasteiger partial charge in [0.15, 0.2) is 5.82 Å². The highest BCUT2D eigenvalue weighted by Gasteiger charge is 2.43. The standard InChI is InChI=1S/C12H21N5O/c1-8(10-16-14-7-17(10)3)15-11(18)12(2)6-4-5-9(12)13/h7-9H,4-6,13H2,1-3H3,(H,15,18). The molecule has 1 amide bonds. The molecule has 2 rings (SSSR count). The second kappa shape index (κ2) is 4.68. The number of carbonyl (C=O) groups is 1. The minimum absolute atomic E-state index is 0.0167. The molecular formula is C12H21N5O. The fourth-order valence-electron chi connectivity index (χ4n) is 2.59. The van der Waals surface area contributed by atoms with E-state index in [1.807, 2.05) is 25.5 Å². The minimum Gasteiger partial charge on any atom is -0.346 e. The van der Waals surface area contributed by atoms with Gasteiger partial charge in [-0.15, -0.1) is 10.2 Å². The summed E-state index contributed by atoms with van der Waals surface area (Å²) in [6, 6.07) is -0.209. The Morgan fingerprint density at radius 2 is 2.44 bits per heavy atom. The monoisotopic (exact) mass is 251 g/mol. The molecule has 1 aromatic rings. The fourth-order valence-corrected chi connectivity index (χ4v) is 2.59. The summed E-state index contributed by atoms with van der Waals surface area (Å²) >= 11 is 0. The lowest BCUT2D eigenvalue weighted by Crippen LogP contribution is -2.48. The molecule has 0 saturated heterocycles. The number of nitrogens with zero attached hydrogens (tertiary/aromatic N) is 3. The topological polar surface area (TPSA) is 85.8 Å². The maximum absolute atomic E-state index is 12.3. The van der Waals surface area contributed by atoms with Crippen molar-refractivity contribution in [2.45, 2.75) is 45.2 Å². The Morgan fingerprint density at radius 3 is 2.94 bits per heavy atom. The van der Waals surface area contributed by atoms with Gasteiger partial charge >= 0.3 is 0 Å². The molecule has 1 aliphatic rings. The van der Waals surface area contributed by atoms with E-state index in [9.17, 15) is 4.79 Å². The number of nitrogens with one attached hydrogen (secondary N) is 1. The quantitative estimate of drug-likeness (QED) is 0.819. The Bertz CT molecular complexity index is 443. The zero-order valence-electron chi connectivity index (χ0n) is 11.2. The number of amides is 1. The second-order valence-corrected chi connectivity index (χ2v) is 5.41. The van der Waals surface area contributed by atoms with Gasteiger partial charge in [-0.3, -0.25) is 4.79 Å². The molecule has 1 aliphatic carbocycles. The normalized spacial score (nSPS) is 29.2. The van der Waals surface area contributed by atoms with Crippen molar-refractivity contribution in [1.82, 2.24) is 20.1 Å². The molecular weight excluding hydrogens is 230 g/mol. The summed E-state index contributed by atoms with van der Waals surface area (Å²) in [4.78, 5) is 12.3. The molecule has 0 radical (unpaired) electrons. The summed E-state index contributed by atoms with van der Waals surface area (Å²) in [5.41, 5.74) is 5.59. The van der Waals surface area contributed by atoms with Gasteiger partial charge < -0.3 is 15.6 Å². The lowest BCUT2D eigenvalue weighted by atomic mass is 9.84. The van der Waals surface area contributed by atoms with Gasteiger partial charge in [-0.1, -0.05) is 6.42 Å². The van der Waals surface area contributed by atoms with Crippen molar-refractivity contribution in [3.05, 3.63) is 12.2 Å². The number of nitrogens with two attached hydrogens (primary N) is 1. The maximum Gasteiger partial charge on any atom is 0.228 e. The van der Waals surface area contributed by atoms with E-state index >= 15 is 0 Å². The zero-order chi connectivity index (χ0) is 13.3. The molecule has 0 spiro atoms. The van der Waals surface area contributed by atoms with Crippen LogP contribution < -0.4 is 11.1 Å². The third kappa shape index (κ3) is 2.12. The second-order valence-electron chi connectivity index (χ2n) is 5.41. The molecule has 6 heteroatoms. The first kappa shape index (κ1) is 13.0. The summed E-state index contributed by atoms with van der Waals surface area (Å²) in [7, 11) is 1.86. The lowest BCUT2D eigenvalue weighted by Gasteiger charge is -2.29. The van der Waals surface area contributed by atoms with E-state index in [1.165, 1.54) is 0 Å². The van der Waals surface area contributed by atoms with Gasteiger partial charge in [0.1, 0.15) is 6.33 Å². The molecule has 3 unspecified atom stereocenters. The van der Waals surface area contributed by atoms with Gasteiger partial charge in [0, 0.05) is 13.1 Å². The molecule has 18 heavy (non-hydrogen) atoms. The van der Waals surface area contributed by atoms with E-state index in [0.717, 1.165) is 25.1 Å². The summed E-state index contributed by atoms with van der Waals surface area (Å²) in [5.74, 6) is 0.765. The molecule has 100 valence electrons. The molecule has 1 saturated carbocycles. The van der Waals surface area contributed by atoms with Gasteiger partial charge in [-0.2, -0.15) is 0 Å². The van der Waals surface area contributed by atoms with Crippen molar-refractivity contribution in [3.8, 4) is 0 Å². The third-order valence-corrected chi connectivity index (χ3v) is 4.03. The van der Waals surface area contributed by atoms with Crippen LogP contribution in [0.2, 0.25) is 0 Å². The Morgan fingerprint density at radius 1 is 1.72 bits per heavy atom. The third-order valence-electron chi connectivity index (χ3n) is 4.03.